The Morgan fingerprint density at radius 2 is 1.61 bits per heavy atom. The van der Waals surface area contributed by atoms with Gasteiger partial charge in [-0.05, 0) is 61.0 Å². The van der Waals surface area contributed by atoms with E-state index in [1.54, 1.807) is 54.6 Å². The first-order valence-corrected chi connectivity index (χ1v) is 10.6. The molecule has 0 aliphatic heterocycles. The summed E-state index contributed by atoms with van der Waals surface area (Å²) in [5.74, 6) is -1.03. The van der Waals surface area contributed by atoms with Crippen LogP contribution in [0.4, 0.5) is 5.69 Å². The number of carbonyl (C=O) groups is 3. The topological polar surface area (TPSA) is 66.5 Å². The Labute approximate surface area is 194 Å². The van der Waals surface area contributed by atoms with E-state index in [4.69, 9.17) is 11.6 Å². The number of aryl methyl sites for hydroxylation is 1. The summed E-state index contributed by atoms with van der Waals surface area (Å²) >= 11 is 9.28. The van der Waals surface area contributed by atoms with E-state index in [-0.39, 0.29) is 29.4 Å². The first-order chi connectivity index (χ1) is 14.8. The molecule has 7 heteroatoms. The molecule has 0 radical (unpaired) electrons. The van der Waals surface area contributed by atoms with E-state index >= 15 is 0 Å². The third kappa shape index (κ3) is 5.60. The minimum atomic E-state index is -0.416. The van der Waals surface area contributed by atoms with Gasteiger partial charge < -0.3 is 10.2 Å². The molecule has 2 amide bonds. The molecule has 0 fully saturated rings. The molecule has 0 bridgehead atoms. The van der Waals surface area contributed by atoms with Crippen LogP contribution >= 0.6 is 27.5 Å². The van der Waals surface area contributed by atoms with E-state index < -0.39 is 5.91 Å². The van der Waals surface area contributed by atoms with Crippen LogP contribution in [0.1, 0.15) is 31.8 Å². The maximum Gasteiger partial charge on any atom is 0.254 e. The van der Waals surface area contributed by atoms with Gasteiger partial charge in [0.25, 0.3) is 5.91 Å². The fourth-order valence-electron chi connectivity index (χ4n) is 3.07. The summed E-state index contributed by atoms with van der Waals surface area (Å²) < 4.78 is 0.914. The molecule has 158 valence electrons. The average Bonchev–Trinajstić information content (AvgIpc) is 2.75. The molecule has 0 aromatic heterocycles. The van der Waals surface area contributed by atoms with Crippen molar-refractivity contribution in [2.45, 2.75) is 6.92 Å². The largest absolute Gasteiger partial charge is 0.332 e. The number of nitrogens with zero attached hydrogens (tertiary/aromatic N) is 1. The highest BCUT2D eigenvalue weighted by Crippen LogP contribution is 2.21. The van der Waals surface area contributed by atoms with Crippen molar-refractivity contribution < 1.29 is 14.4 Å². The third-order valence-electron chi connectivity index (χ3n) is 4.70. The van der Waals surface area contributed by atoms with E-state index in [0.717, 1.165) is 10.0 Å². The van der Waals surface area contributed by atoms with Crippen LogP contribution < -0.4 is 5.32 Å². The highest BCUT2D eigenvalue weighted by Gasteiger charge is 2.22. The Balaban J connectivity index is 1.75. The second kappa shape index (κ2) is 9.90. The number of nitrogens with one attached hydrogen (secondary N) is 1. The molecule has 0 saturated heterocycles. The zero-order chi connectivity index (χ0) is 22.5. The molecule has 3 aromatic rings. The molecular weight excluding hydrogens is 480 g/mol. The Kier molecular flexibility index (Phi) is 7.25. The van der Waals surface area contributed by atoms with Crippen LogP contribution in [0.25, 0.3) is 0 Å². The summed E-state index contributed by atoms with van der Waals surface area (Å²) in [4.78, 5) is 39.7. The van der Waals surface area contributed by atoms with Gasteiger partial charge in [-0.2, -0.15) is 0 Å². The van der Waals surface area contributed by atoms with Crippen LogP contribution in [-0.4, -0.2) is 36.1 Å². The zero-order valence-corrected chi connectivity index (χ0v) is 19.3. The van der Waals surface area contributed by atoms with E-state index in [0.29, 0.717) is 16.3 Å². The normalized spacial score (nSPS) is 10.5. The fraction of sp³-hybridized carbons (Fsp3) is 0.125. The number of hydrogen-bond donors (Lipinski definition) is 1. The van der Waals surface area contributed by atoms with Crippen molar-refractivity contribution in [3.05, 3.63) is 98.5 Å². The number of amides is 2. The standard InChI is InChI=1S/C24H20BrClN2O3/c1-15-13-17(25)9-12-21(15)27-22(29)14-28(2)24(31)20-6-4-3-5-19(20)23(30)16-7-10-18(26)11-8-16/h3-13H,14H2,1-2H3,(H,27,29). The van der Waals surface area contributed by atoms with Crippen LogP contribution in [0.15, 0.2) is 71.2 Å². The van der Waals surface area contributed by atoms with E-state index in [1.807, 2.05) is 19.1 Å². The predicted molar refractivity (Wildman–Crippen MR) is 126 cm³/mol. The lowest BCUT2D eigenvalue weighted by Crippen LogP contribution is -2.35. The predicted octanol–water partition coefficient (Wildman–Crippen LogP) is 5.35. The van der Waals surface area contributed by atoms with Crippen LogP contribution in [0.3, 0.4) is 0 Å². The van der Waals surface area contributed by atoms with Gasteiger partial charge in [0.15, 0.2) is 5.78 Å². The Morgan fingerprint density at radius 1 is 0.968 bits per heavy atom. The number of ketones is 1. The minimum absolute atomic E-state index is 0.155. The quantitative estimate of drug-likeness (QED) is 0.465. The SMILES string of the molecule is Cc1cc(Br)ccc1NC(=O)CN(C)C(=O)c1ccccc1C(=O)c1ccc(Cl)cc1. The Bertz CT molecular complexity index is 1150. The van der Waals surface area contributed by atoms with Crippen molar-refractivity contribution in [1.82, 2.24) is 4.90 Å². The molecule has 31 heavy (non-hydrogen) atoms. The molecule has 1 N–H and O–H groups in total. The molecule has 0 heterocycles. The van der Waals surface area contributed by atoms with Gasteiger partial charge >= 0.3 is 0 Å². The molecule has 0 unspecified atom stereocenters. The van der Waals surface area contributed by atoms with Crippen LogP contribution in [0, 0.1) is 6.92 Å². The lowest BCUT2D eigenvalue weighted by atomic mass is 9.97. The van der Waals surface area contributed by atoms with Gasteiger partial charge in [0, 0.05) is 33.4 Å². The molecule has 0 aliphatic rings. The lowest BCUT2D eigenvalue weighted by Gasteiger charge is -2.19. The van der Waals surface area contributed by atoms with Gasteiger partial charge in [0.05, 0.1) is 12.1 Å². The van der Waals surface area contributed by atoms with Gasteiger partial charge in [-0.25, -0.2) is 0 Å². The number of likely N-dealkylation sites (N-methyl/N-ethyl adjacent to an activating group) is 1. The molecule has 5 nitrogen and oxygen atoms in total. The van der Waals surface area contributed by atoms with E-state index in [9.17, 15) is 14.4 Å². The van der Waals surface area contributed by atoms with Gasteiger partial charge in [0.1, 0.15) is 0 Å². The molecule has 0 atom stereocenters. The fourth-order valence-corrected chi connectivity index (χ4v) is 3.68. The van der Waals surface area contributed by atoms with Gasteiger partial charge in [-0.3, -0.25) is 14.4 Å². The number of rotatable bonds is 6. The molecule has 3 aromatic carbocycles. The highest BCUT2D eigenvalue weighted by atomic mass is 79.9. The molecule has 0 spiro atoms. The summed E-state index contributed by atoms with van der Waals surface area (Å²) in [6.45, 7) is 1.73. The first kappa shape index (κ1) is 22.7. The minimum Gasteiger partial charge on any atom is -0.332 e. The van der Waals surface area contributed by atoms with Crippen molar-refractivity contribution in [1.29, 1.82) is 0 Å². The molecule has 0 aliphatic carbocycles. The second-order valence-corrected chi connectivity index (χ2v) is 8.40. The van der Waals surface area contributed by atoms with Gasteiger partial charge in [-0.1, -0.05) is 45.7 Å². The number of hydrogen-bond acceptors (Lipinski definition) is 3. The number of halogens is 2. The summed E-state index contributed by atoms with van der Waals surface area (Å²) in [7, 11) is 1.53. The monoisotopic (exact) mass is 498 g/mol. The molecule has 0 saturated carbocycles. The van der Waals surface area contributed by atoms with Crippen molar-refractivity contribution in [2.24, 2.45) is 0 Å². The van der Waals surface area contributed by atoms with Gasteiger partial charge in [0.2, 0.25) is 5.91 Å². The Morgan fingerprint density at radius 3 is 2.26 bits per heavy atom. The van der Waals surface area contributed by atoms with Crippen LogP contribution in [0.2, 0.25) is 5.02 Å². The maximum atomic E-state index is 13.0. The second-order valence-electron chi connectivity index (χ2n) is 7.05. The highest BCUT2D eigenvalue weighted by molar-refractivity contribution is 9.10. The maximum absolute atomic E-state index is 13.0. The molecular formula is C24H20BrClN2O3. The number of anilines is 1. The Hall–Kier alpha value is -2.96. The summed E-state index contributed by atoms with van der Waals surface area (Å²) in [6.07, 6.45) is 0. The first-order valence-electron chi connectivity index (χ1n) is 9.47. The third-order valence-corrected chi connectivity index (χ3v) is 5.44. The lowest BCUT2D eigenvalue weighted by molar-refractivity contribution is -0.116. The zero-order valence-electron chi connectivity index (χ0n) is 17.0. The van der Waals surface area contributed by atoms with E-state index in [2.05, 4.69) is 21.2 Å². The summed E-state index contributed by atoms with van der Waals surface area (Å²) in [5.41, 5.74) is 2.50. The number of benzene rings is 3. The van der Waals surface area contributed by atoms with Crippen LogP contribution in [-0.2, 0) is 4.79 Å². The summed E-state index contributed by atoms with van der Waals surface area (Å²) in [5, 5.41) is 3.33. The smallest absolute Gasteiger partial charge is 0.254 e. The van der Waals surface area contributed by atoms with Crippen molar-refractivity contribution in [3.8, 4) is 0 Å². The number of carbonyl (C=O) groups excluding carboxylic acids is 3. The van der Waals surface area contributed by atoms with Crippen LogP contribution in [0.5, 0.6) is 0 Å². The van der Waals surface area contributed by atoms with Gasteiger partial charge in [-0.15, -0.1) is 0 Å². The van der Waals surface area contributed by atoms with Crippen molar-refractivity contribution in [3.63, 3.8) is 0 Å². The summed E-state index contributed by atoms with van der Waals surface area (Å²) in [6, 6.07) is 18.6. The average molecular weight is 500 g/mol. The molecule has 3 rings (SSSR count). The van der Waals surface area contributed by atoms with Crippen molar-refractivity contribution in [2.75, 3.05) is 18.9 Å². The van der Waals surface area contributed by atoms with Crippen molar-refractivity contribution >= 4 is 50.8 Å². The van der Waals surface area contributed by atoms with E-state index in [1.165, 1.54) is 11.9 Å².